The van der Waals surface area contributed by atoms with Gasteiger partial charge in [0.25, 0.3) is 5.91 Å². The van der Waals surface area contributed by atoms with Crippen LogP contribution < -0.4 is 5.32 Å². The molecule has 1 N–H and O–H groups in total. The summed E-state index contributed by atoms with van der Waals surface area (Å²) in [4.78, 5) is 28.7. The van der Waals surface area contributed by atoms with Gasteiger partial charge < -0.3 is 14.5 Å². The Morgan fingerprint density at radius 2 is 2.03 bits per heavy atom. The van der Waals surface area contributed by atoms with E-state index >= 15 is 0 Å². The summed E-state index contributed by atoms with van der Waals surface area (Å²) in [5.41, 5.74) is -1.21. The van der Waals surface area contributed by atoms with Crippen molar-refractivity contribution in [1.82, 2.24) is 19.9 Å². The lowest BCUT2D eigenvalue weighted by molar-refractivity contribution is -0.198. The maximum Gasteiger partial charge on any atom is 0.425 e. The van der Waals surface area contributed by atoms with Gasteiger partial charge in [-0.1, -0.05) is 0 Å². The number of nitrogens with zero attached hydrogens (tertiary/aromatic N) is 3. The summed E-state index contributed by atoms with van der Waals surface area (Å²) in [6, 6.07) is 3.53. The minimum absolute atomic E-state index is 0.0225. The number of carbonyl (C=O) groups is 2. The minimum atomic E-state index is -4.90. The van der Waals surface area contributed by atoms with Crippen LogP contribution in [0.1, 0.15) is 33.4 Å². The van der Waals surface area contributed by atoms with Crippen LogP contribution in [-0.2, 0) is 11.3 Å². The van der Waals surface area contributed by atoms with Crippen molar-refractivity contribution in [2.45, 2.75) is 25.7 Å². The molecule has 3 heterocycles. The number of carbonyl (C=O) groups excluding carboxylic acids is 2. The van der Waals surface area contributed by atoms with Crippen LogP contribution in [0, 0.1) is 11.6 Å². The first-order chi connectivity index (χ1) is 15.6. The zero-order valence-corrected chi connectivity index (χ0v) is 16.6. The molecule has 0 saturated carbocycles. The molecular weight excluding hydrogens is 455 g/mol. The highest BCUT2D eigenvalue weighted by Crippen LogP contribution is 2.30. The third-order valence-electron chi connectivity index (χ3n) is 4.65. The summed E-state index contributed by atoms with van der Waals surface area (Å²) in [6.45, 7) is 0.277. The lowest BCUT2D eigenvalue weighted by Gasteiger charge is -2.16. The van der Waals surface area contributed by atoms with Gasteiger partial charge in [0.05, 0.1) is 12.7 Å². The summed E-state index contributed by atoms with van der Waals surface area (Å²) in [6.07, 6.45) is -3.12. The summed E-state index contributed by atoms with van der Waals surface area (Å²) in [5.74, 6) is -5.55. The number of halogens is 5. The van der Waals surface area contributed by atoms with E-state index in [1.807, 2.05) is 0 Å². The highest BCUT2D eigenvalue weighted by atomic mass is 19.4. The van der Waals surface area contributed by atoms with Gasteiger partial charge in [-0.3, -0.25) is 4.79 Å². The predicted octanol–water partition coefficient (Wildman–Crippen LogP) is 3.79. The van der Waals surface area contributed by atoms with E-state index in [4.69, 9.17) is 4.42 Å². The number of fused-ring (bicyclic) bond motifs is 2. The van der Waals surface area contributed by atoms with Gasteiger partial charge in [0.1, 0.15) is 16.9 Å². The first-order valence-electron chi connectivity index (χ1n) is 9.31. The number of hydrogen-bond acceptors (Lipinski definition) is 6. The number of aromatic nitrogens is 3. The Bertz CT molecular complexity index is 1380. The molecule has 0 spiro atoms. The van der Waals surface area contributed by atoms with Crippen LogP contribution in [0.25, 0.3) is 16.6 Å². The fourth-order valence-electron chi connectivity index (χ4n) is 2.99. The van der Waals surface area contributed by atoms with Crippen LogP contribution in [-0.4, -0.2) is 38.8 Å². The van der Waals surface area contributed by atoms with Crippen molar-refractivity contribution in [3.8, 4) is 0 Å². The molecule has 0 radical (unpaired) electrons. The second-order valence-electron chi connectivity index (χ2n) is 6.90. The van der Waals surface area contributed by atoms with Crippen molar-refractivity contribution in [2.24, 2.45) is 0 Å². The van der Waals surface area contributed by atoms with Gasteiger partial charge in [-0.2, -0.15) is 18.3 Å². The van der Waals surface area contributed by atoms with E-state index in [1.165, 1.54) is 23.0 Å². The largest absolute Gasteiger partial charge is 0.458 e. The summed E-state index contributed by atoms with van der Waals surface area (Å²) in [5, 5.41) is 6.37. The number of benzene rings is 1. The number of furan rings is 1. The summed E-state index contributed by atoms with van der Waals surface area (Å²) >= 11 is 0. The lowest BCUT2D eigenvalue weighted by atomic mass is 10.1. The normalized spacial score (nSPS) is 12.8. The third kappa shape index (κ3) is 4.21. The zero-order valence-electron chi connectivity index (χ0n) is 16.6. The topological polar surface area (TPSA) is 98.7 Å². The van der Waals surface area contributed by atoms with Gasteiger partial charge in [-0.25, -0.2) is 23.1 Å². The molecule has 0 saturated heterocycles. The molecule has 4 aromatic rings. The van der Waals surface area contributed by atoms with Gasteiger partial charge in [-0.05, 0) is 25.1 Å². The zero-order chi connectivity index (χ0) is 23.9. The van der Waals surface area contributed by atoms with Gasteiger partial charge >= 0.3 is 12.1 Å². The maximum absolute atomic E-state index is 14.3. The number of alkyl halides is 3. The van der Waals surface area contributed by atoms with Crippen LogP contribution in [0.4, 0.5) is 22.0 Å². The summed E-state index contributed by atoms with van der Waals surface area (Å²) in [7, 11) is 0. The summed E-state index contributed by atoms with van der Waals surface area (Å²) < 4.78 is 77.3. The second kappa shape index (κ2) is 8.15. The van der Waals surface area contributed by atoms with E-state index in [2.05, 4.69) is 20.1 Å². The fraction of sp³-hybridized carbons (Fsp3) is 0.200. The van der Waals surface area contributed by atoms with E-state index in [1.54, 1.807) is 12.3 Å². The molecule has 1 amide bonds. The van der Waals surface area contributed by atoms with Gasteiger partial charge in [0.15, 0.2) is 29.0 Å². The molecule has 0 bridgehead atoms. The average molecular weight is 468 g/mol. The number of rotatable bonds is 5. The van der Waals surface area contributed by atoms with Crippen molar-refractivity contribution in [3.63, 3.8) is 0 Å². The number of nitrogens with one attached hydrogen (secondary N) is 1. The Balaban J connectivity index is 1.59. The SMILES string of the molecule is C[C@@H](OC(=O)c1c(F)c(F)cc2cc(CNC(=O)c3cnn4cccnc34)oc12)C(F)(F)F. The molecule has 0 aliphatic heterocycles. The minimum Gasteiger partial charge on any atom is -0.458 e. The van der Waals surface area contributed by atoms with E-state index < -0.39 is 46.9 Å². The van der Waals surface area contributed by atoms with Crippen LogP contribution >= 0.6 is 0 Å². The Hall–Kier alpha value is -4.03. The second-order valence-corrected chi connectivity index (χ2v) is 6.90. The monoisotopic (exact) mass is 468 g/mol. The number of hydrogen-bond donors (Lipinski definition) is 1. The van der Waals surface area contributed by atoms with Crippen LogP contribution in [0.5, 0.6) is 0 Å². The molecule has 33 heavy (non-hydrogen) atoms. The predicted molar refractivity (Wildman–Crippen MR) is 101 cm³/mol. The molecule has 172 valence electrons. The highest BCUT2D eigenvalue weighted by molar-refractivity contribution is 6.03. The lowest BCUT2D eigenvalue weighted by Crippen LogP contribution is -2.31. The number of esters is 1. The first-order valence-corrected chi connectivity index (χ1v) is 9.31. The molecule has 0 aliphatic carbocycles. The quantitative estimate of drug-likeness (QED) is 0.354. The van der Waals surface area contributed by atoms with Crippen molar-refractivity contribution < 1.29 is 40.7 Å². The van der Waals surface area contributed by atoms with Crippen molar-refractivity contribution in [2.75, 3.05) is 0 Å². The Kier molecular flexibility index (Phi) is 5.47. The van der Waals surface area contributed by atoms with Crippen molar-refractivity contribution in [3.05, 3.63) is 65.3 Å². The van der Waals surface area contributed by atoms with Gasteiger partial charge in [0.2, 0.25) is 0 Å². The fourth-order valence-corrected chi connectivity index (χ4v) is 2.99. The van der Waals surface area contributed by atoms with E-state index in [0.717, 1.165) is 0 Å². The van der Waals surface area contributed by atoms with Crippen molar-refractivity contribution >= 4 is 28.5 Å². The molecule has 0 fully saturated rings. The molecule has 13 heteroatoms. The molecule has 1 atom stereocenters. The van der Waals surface area contributed by atoms with Gasteiger partial charge in [-0.15, -0.1) is 0 Å². The molecule has 1 aromatic carbocycles. The standard InChI is InChI=1S/C20H13F5N4O4/c1-9(20(23,24)25)32-19(31)14-15(22)13(21)6-10-5-11(33-16(10)14)7-27-18(30)12-8-28-29-4-2-3-26-17(12)29/h2-6,8-9H,7H2,1H3,(H,27,30)/t9-/m1/s1. The number of ether oxygens (including phenoxy) is 1. The first kappa shape index (κ1) is 22.2. The van der Waals surface area contributed by atoms with E-state index in [-0.39, 0.29) is 28.9 Å². The Labute approximate surface area is 180 Å². The molecule has 0 unspecified atom stereocenters. The smallest absolute Gasteiger partial charge is 0.425 e. The molecule has 0 aliphatic rings. The van der Waals surface area contributed by atoms with E-state index in [9.17, 15) is 31.5 Å². The van der Waals surface area contributed by atoms with Gasteiger partial charge in [0, 0.05) is 17.8 Å². The Morgan fingerprint density at radius 3 is 2.76 bits per heavy atom. The number of amides is 1. The van der Waals surface area contributed by atoms with Crippen LogP contribution in [0.2, 0.25) is 0 Å². The van der Waals surface area contributed by atoms with Crippen molar-refractivity contribution in [1.29, 1.82) is 0 Å². The molecule has 3 aromatic heterocycles. The third-order valence-corrected chi connectivity index (χ3v) is 4.65. The van der Waals surface area contributed by atoms with Crippen LogP contribution in [0.3, 0.4) is 0 Å². The molecular formula is C20H13F5N4O4. The average Bonchev–Trinajstić information content (AvgIpc) is 3.35. The Morgan fingerprint density at radius 1 is 1.27 bits per heavy atom. The highest BCUT2D eigenvalue weighted by Gasteiger charge is 2.40. The maximum atomic E-state index is 14.3. The molecule has 8 nitrogen and oxygen atoms in total. The molecule has 4 rings (SSSR count). The van der Waals surface area contributed by atoms with E-state index in [0.29, 0.717) is 13.0 Å². The van der Waals surface area contributed by atoms with Crippen LogP contribution in [0.15, 0.2) is 41.2 Å².